The number of esters is 2. The number of Topliss-reactive ketones (excluding diaryl/α,β-unsaturated/α-hetero) is 1. The van der Waals surface area contributed by atoms with Gasteiger partial charge in [-0.25, -0.2) is 0 Å². The lowest BCUT2D eigenvalue weighted by molar-refractivity contribution is -0.162. The molecular formula is C22H23ClO5. The summed E-state index contributed by atoms with van der Waals surface area (Å²) in [6, 6.07) is 15.5. The van der Waals surface area contributed by atoms with Crippen LogP contribution in [-0.2, 0) is 19.1 Å². The minimum Gasteiger partial charge on any atom is -0.465 e. The minimum atomic E-state index is -1.23. The predicted octanol–water partition coefficient (Wildman–Crippen LogP) is 4.44. The molecule has 28 heavy (non-hydrogen) atoms. The summed E-state index contributed by atoms with van der Waals surface area (Å²) in [5.41, 5.74) is 1.10. The van der Waals surface area contributed by atoms with Crippen LogP contribution in [0.25, 0.3) is 0 Å². The SMILES string of the molecule is CCOC(=O)C(C(=O)OCC)C(CC(=O)c1cccc(Cl)c1)c1ccccc1. The summed E-state index contributed by atoms with van der Waals surface area (Å²) in [4.78, 5) is 38.1. The predicted molar refractivity (Wildman–Crippen MR) is 106 cm³/mol. The standard InChI is InChI=1S/C22H23ClO5/c1-3-27-21(25)20(22(26)28-4-2)18(15-9-6-5-7-10-15)14-19(24)16-11-8-12-17(23)13-16/h5-13,18,20H,3-4,14H2,1-2H3. The van der Waals surface area contributed by atoms with Crippen LogP contribution in [0.2, 0.25) is 5.02 Å². The number of carbonyl (C=O) groups is 3. The Morgan fingerprint density at radius 3 is 2.04 bits per heavy atom. The molecule has 148 valence electrons. The highest BCUT2D eigenvalue weighted by molar-refractivity contribution is 6.31. The normalized spacial score (nSPS) is 11.7. The Labute approximate surface area is 169 Å². The van der Waals surface area contributed by atoms with Gasteiger partial charge in [0.05, 0.1) is 13.2 Å². The number of halogens is 1. The summed E-state index contributed by atoms with van der Waals surface area (Å²) in [6.45, 7) is 3.57. The fourth-order valence-corrected chi connectivity index (χ4v) is 3.19. The minimum absolute atomic E-state index is 0.0628. The van der Waals surface area contributed by atoms with Crippen molar-refractivity contribution in [3.8, 4) is 0 Å². The van der Waals surface area contributed by atoms with Gasteiger partial charge in [0.2, 0.25) is 0 Å². The second-order valence-corrected chi connectivity index (χ2v) is 6.57. The third-order valence-electron chi connectivity index (χ3n) is 4.26. The lowest BCUT2D eigenvalue weighted by Crippen LogP contribution is -2.34. The Morgan fingerprint density at radius 1 is 0.893 bits per heavy atom. The van der Waals surface area contributed by atoms with Gasteiger partial charge < -0.3 is 9.47 Å². The molecule has 0 heterocycles. The molecule has 0 N–H and O–H groups in total. The Balaban J connectivity index is 2.42. The highest BCUT2D eigenvalue weighted by atomic mass is 35.5. The van der Waals surface area contributed by atoms with Gasteiger partial charge in [0.1, 0.15) is 0 Å². The quantitative estimate of drug-likeness (QED) is 0.352. The van der Waals surface area contributed by atoms with E-state index in [1.54, 1.807) is 62.4 Å². The van der Waals surface area contributed by atoms with E-state index in [-0.39, 0.29) is 25.4 Å². The average Bonchev–Trinajstić information content (AvgIpc) is 2.68. The number of benzene rings is 2. The first-order valence-electron chi connectivity index (χ1n) is 9.14. The second-order valence-electron chi connectivity index (χ2n) is 6.14. The second kappa shape index (κ2) is 10.6. The molecule has 0 aliphatic heterocycles. The smallest absolute Gasteiger partial charge is 0.320 e. The molecule has 1 unspecified atom stereocenters. The van der Waals surface area contributed by atoms with Crippen LogP contribution in [-0.4, -0.2) is 30.9 Å². The van der Waals surface area contributed by atoms with Crippen LogP contribution in [0.5, 0.6) is 0 Å². The summed E-state index contributed by atoms with van der Waals surface area (Å²) in [6.07, 6.45) is -0.0628. The van der Waals surface area contributed by atoms with Crippen LogP contribution in [0.15, 0.2) is 54.6 Å². The van der Waals surface area contributed by atoms with Crippen LogP contribution in [0, 0.1) is 5.92 Å². The molecular weight excluding hydrogens is 380 g/mol. The van der Waals surface area contributed by atoms with Crippen molar-refractivity contribution in [1.29, 1.82) is 0 Å². The van der Waals surface area contributed by atoms with E-state index in [4.69, 9.17) is 21.1 Å². The lowest BCUT2D eigenvalue weighted by atomic mass is 9.81. The Kier molecular flexibility index (Phi) is 8.20. The summed E-state index contributed by atoms with van der Waals surface area (Å²) >= 11 is 5.99. The Bertz CT molecular complexity index is 801. The molecule has 1 atom stereocenters. The van der Waals surface area contributed by atoms with E-state index in [1.165, 1.54) is 0 Å². The molecule has 0 bridgehead atoms. The Morgan fingerprint density at radius 2 is 1.50 bits per heavy atom. The van der Waals surface area contributed by atoms with Crippen LogP contribution in [0.3, 0.4) is 0 Å². The molecule has 0 aliphatic rings. The van der Waals surface area contributed by atoms with Crippen LogP contribution in [0.1, 0.15) is 42.1 Å². The van der Waals surface area contributed by atoms with Gasteiger partial charge in [-0.2, -0.15) is 0 Å². The van der Waals surface area contributed by atoms with Gasteiger partial charge in [0.25, 0.3) is 0 Å². The van der Waals surface area contributed by atoms with E-state index in [2.05, 4.69) is 0 Å². The van der Waals surface area contributed by atoms with Gasteiger partial charge in [-0.1, -0.05) is 54.1 Å². The van der Waals surface area contributed by atoms with Crippen molar-refractivity contribution in [2.75, 3.05) is 13.2 Å². The maximum atomic E-state index is 12.9. The molecule has 2 rings (SSSR count). The maximum Gasteiger partial charge on any atom is 0.320 e. The largest absolute Gasteiger partial charge is 0.465 e. The Hall–Kier alpha value is -2.66. The van der Waals surface area contributed by atoms with Crippen molar-refractivity contribution < 1.29 is 23.9 Å². The molecule has 5 nitrogen and oxygen atoms in total. The van der Waals surface area contributed by atoms with Crippen LogP contribution < -0.4 is 0 Å². The topological polar surface area (TPSA) is 69.7 Å². The zero-order chi connectivity index (χ0) is 20.5. The van der Waals surface area contributed by atoms with Crippen molar-refractivity contribution in [2.45, 2.75) is 26.2 Å². The highest BCUT2D eigenvalue weighted by Gasteiger charge is 2.39. The molecule has 0 saturated heterocycles. The van der Waals surface area contributed by atoms with Crippen LogP contribution >= 0.6 is 11.6 Å². The molecule has 0 amide bonds. The molecule has 2 aromatic carbocycles. The number of ketones is 1. The zero-order valence-electron chi connectivity index (χ0n) is 15.9. The molecule has 2 aromatic rings. The molecule has 0 saturated carbocycles. The number of ether oxygens (including phenoxy) is 2. The molecule has 0 radical (unpaired) electrons. The summed E-state index contributed by atoms with van der Waals surface area (Å²) in [7, 11) is 0. The first-order valence-corrected chi connectivity index (χ1v) is 9.52. The van der Waals surface area contributed by atoms with Gasteiger partial charge >= 0.3 is 11.9 Å². The van der Waals surface area contributed by atoms with Crippen molar-refractivity contribution in [1.82, 2.24) is 0 Å². The molecule has 0 aliphatic carbocycles. The lowest BCUT2D eigenvalue weighted by Gasteiger charge is -2.24. The van der Waals surface area contributed by atoms with Crippen molar-refractivity contribution >= 4 is 29.3 Å². The van der Waals surface area contributed by atoms with Gasteiger partial charge in [-0.3, -0.25) is 14.4 Å². The number of carbonyl (C=O) groups excluding carboxylic acids is 3. The van der Waals surface area contributed by atoms with Crippen LogP contribution in [0.4, 0.5) is 0 Å². The molecule has 6 heteroatoms. The van der Waals surface area contributed by atoms with Gasteiger partial charge in [0.15, 0.2) is 11.7 Å². The van der Waals surface area contributed by atoms with Crippen molar-refractivity contribution in [2.24, 2.45) is 5.92 Å². The molecule has 0 aromatic heterocycles. The van der Waals surface area contributed by atoms with Crippen molar-refractivity contribution in [3.63, 3.8) is 0 Å². The average molecular weight is 403 g/mol. The fraction of sp³-hybridized carbons (Fsp3) is 0.318. The van der Waals surface area contributed by atoms with E-state index in [1.807, 2.05) is 6.07 Å². The number of rotatable bonds is 9. The van der Waals surface area contributed by atoms with E-state index >= 15 is 0 Å². The summed E-state index contributed by atoms with van der Waals surface area (Å²) in [5, 5.41) is 0.439. The number of hydrogen-bond acceptors (Lipinski definition) is 5. The summed E-state index contributed by atoms with van der Waals surface area (Å²) in [5.74, 6) is -3.58. The van der Waals surface area contributed by atoms with E-state index in [9.17, 15) is 14.4 Å². The van der Waals surface area contributed by atoms with E-state index in [0.29, 0.717) is 16.1 Å². The number of hydrogen-bond donors (Lipinski definition) is 0. The maximum absolute atomic E-state index is 12.9. The highest BCUT2D eigenvalue weighted by Crippen LogP contribution is 2.32. The fourth-order valence-electron chi connectivity index (χ4n) is 3.00. The first kappa shape index (κ1) is 21.6. The molecule has 0 fully saturated rings. The van der Waals surface area contributed by atoms with E-state index in [0.717, 1.165) is 0 Å². The van der Waals surface area contributed by atoms with Gasteiger partial charge in [-0.05, 0) is 31.5 Å². The monoisotopic (exact) mass is 402 g/mol. The van der Waals surface area contributed by atoms with Crippen molar-refractivity contribution in [3.05, 3.63) is 70.7 Å². The summed E-state index contributed by atoms with van der Waals surface area (Å²) < 4.78 is 10.2. The van der Waals surface area contributed by atoms with E-state index < -0.39 is 23.8 Å². The first-order chi connectivity index (χ1) is 13.5. The molecule has 0 spiro atoms. The third kappa shape index (κ3) is 5.67. The third-order valence-corrected chi connectivity index (χ3v) is 4.50. The van der Waals surface area contributed by atoms with Gasteiger partial charge in [0, 0.05) is 22.9 Å². The zero-order valence-corrected chi connectivity index (χ0v) is 16.6. The van der Waals surface area contributed by atoms with Gasteiger partial charge in [-0.15, -0.1) is 0 Å².